The molecule has 9 nitrogen and oxygen atoms in total. The van der Waals surface area contributed by atoms with Gasteiger partial charge in [0.25, 0.3) is 0 Å². The molecule has 1 aliphatic heterocycles. The van der Waals surface area contributed by atoms with Gasteiger partial charge in [0, 0.05) is 4.92 Å². The van der Waals surface area contributed by atoms with E-state index in [1.807, 2.05) is 0 Å². The van der Waals surface area contributed by atoms with Crippen LogP contribution in [0.4, 0.5) is 4.79 Å². The van der Waals surface area contributed by atoms with Crippen LogP contribution in [0, 0.1) is 10.1 Å². The van der Waals surface area contributed by atoms with Gasteiger partial charge in [0.05, 0.1) is 26.3 Å². The van der Waals surface area contributed by atoms with E-state index in [2.05, 4.69) is 9.73 Å². The number of aliphatic imine (C=N–C) groups is 1. The summed E-state index contributed by atoms with van der Waals surface area (Å²) in [7, 11) is 0. The van der Waals surface area contributed by atoms with Gasteiger partial charge in [0.1, 0.15) is 0 Å². The molecule has 0 saturated heterocycles. The van der Waals surface area contributed by atoms with Gasteiger partial charge in [-0.15, -0.1) is 0 Å². The lowest BCUT2D eigenvalue weighted by atomic mass is 10.2. The predicted molar refractivity (Wildman–Crippen MR) is 63.4 cm³/mol. The monoisotopic (exact) mass is 273 g/mol. The van der Waals surface area contributed by atoms with Gasteiger partial charge in [-0.3, -0.25) is 20.0 Å². The fourth-order valence-electron chi connectivity index (χ4n) is 1.59. The molecule has 0 N–H and O–H groups in total. The fraction of sp³-hybridized carbons (Fsp3) is 0.700. The van der Waals surface area contributed by atoms with Crippen molar-refractivity contribution in [2.45, 2.75) is 19.9 Å². The molecule has 0 radical (unpaired) electrons. The first-order valence-corrected chi connectivity index (χ1v) is 5.81. The van der Waals surface area contributed by atoms with Gasteiger partial charge in [-0.05, 0) is 13.8 Å². The van der Waals surface area contributed by atoms with E-state index in [0.29, 0.717) is 0 Å². The lowest BCUT2D eigenvalue weighted by Gasteiger charge is -2.18. The maximum absolute atomic E-state index is 11.6. The number of nitrogens with zero attached hydrogens (tertiary/aromatic N) is 3. The number of amides is 1. The zero-order valence-electron chi connectivity index (χ0n) is 10.7. The van der Waals surface area contributed by atoms with Gasteiger partial charge in [0.2, 0.25) is 0 Å². The Hall–Kier alpha value is -2.19. The molecule has 1 unspecified atom stereocenters. The zero-order valence-corrected chi connectivity index (χ0v) is 10.7. The first-order chi connectivity index (χ1) is 9.02. The standard InChI is InChI=1S/C10H15N3O6/c1-3-18-9(14)7(13(16)17)8-11-5-6-12(8)10(15)19-4-2/h7H,3-6H2,1-2H3. The van der Waals surface area contributed by atoms with Crippen LogP contribution in [-0.4, -0.2) is 60.1 Å². The van der Waals surface area contributed by atoms with Crippen LogP contribution in [0.1, 0.15) is 13.8 Å². The van der Waals surface area contributed by atoms with Crippen LogP contribution in [0.2, 0.25) is 0 Å². The highest BCUT2D eigenvalue weighted by Crippen LogP contribution is 2.11. The Balaban J connectivity index is 2.92. The zero-order chi connectivity index (χ0) is 14.4. The second kappa shape index (κ2) is 6.66. The van der Waals surface area contributed by atoms with Crippen molar-refractivity contribution in [3.8, 4) is 0 Å². The molecule has 0 aliphatic carbocycles. The van der Waals surface area contributed by atoms with Crippen LogP contribution < -0.4 is 0 Å². The number of ether oxygens (including phenoxy) is 2. The lowest BCUT2D eigenvalue weighted by Crippen LogP contribution is -2.48. The molecule has 0 spiro atoms. The second-order valence-electron chi connectivity index (χ2n) is 3.53. The van der Waals surface area contributed by atoms with Crippen molar-refractivity contribution in [3.05, 3.63) is 10.1 Å². The van der Waals surface area contributed by atoms with Gasteiger partial charge >= 0.3 is 18.1 Å². The Morgan fingerprint density at radius 1 is 1.42 bits per heavy atom. The SMILES string of the molecule is CCOC(=O)C(C1=NCCN1C(=O)OCC)[N+](=O)[O-]. The third-order valence-electron chi connectivity index (χ3n) is 2.33. The highest BCUT2D eigenvalue weighted by Gasteiger charge is 2.44. The van der Waals surface area contributed by atoms with Crippen LogP contribution in [0.25, 0.3) is 0 Å². The van der Waals surface area contributed by atoms with Gasteiger partial charge in [-0.2, -0.15) is 0 Å². The molecule has 9 heteroatoms. The second-order valence-corrected chi connectivity index (χ2v) is 3.53. The number of rotatable bonds is 5. The summed E-state index contributed by atoms with van der Waals surface area (Å²) >= 11 is 0. The Labute approximate surface area is 109 Å². The van der Waals surface area contributed by atoms with E-state index in [-0.39, 0.29) is 32.1 Å². The first kappa shape index (κ1) is 14.9. The van der Waals surface area contributed by atoms with Crippen LogP contribution >= 0.6 is 0 Å². The number of hydrogen-bond acceptors (Lipinski definition) is 7. The molecule has 0 bridgehead atoms. The van der Waals surface area contributed by atoms with E-state index in [1.165, 1.54) is 6.92 Å². The lowest BCUT2D eigenvalue weighted by molar-refractivity contribution is -0.492. The van der Waals surface area contributed by atoms with Crippen LogP contribution in [0.15, 0.2) is 4.99 Å². The minimum Gasteiger partial charge on any atom is -0.461 e. The topological polar surface area (TPSA) is 111 Å². The normalized spacial score (nSPS) is 15.7. The van der Waals surface area contributed by atoms with E-state index in [9.17, 15) is 19.7 Å². The van der Waals surface area contributed by atoms with Crippen molar-refractivity contribution in [2.24, 2.45) is 4.99 Å². The molecular formula is C10H15N3O6. The van der Waals surface area contributed by atoms with Crippen molar-refractivity contribution in [3.63, 3.8) is 0 Å². The Morgan fingerprint density at radius 2 is 2.05 bits per heavy atom. The number of nitro groups is 1. The molecule has 0 aromatic carbocycles. The maximum atomic E-state index is 11.6. The first-order valence-electron chi connectivity index (χ1n) is 5.81. The Morgan fingerprint density at radius 3 is 2.58 bits per heavy atom. The van der Waals surface area contributed by atoms with Crippen molar-refractivity contribution in [1.29, 1.82) is 0 Å². The molecule has 1 atom stereocenters. The van der Waals surface area contributed by atoms with Crippen molar-refractivity contribution in [1.82, 2.24) is 4.90 Å². The molecule has 1 rings (SSSR count). The summed E-state index contributed by atoms with van der Waals surface area (Å²) in [6.45, 7) is 3.63. The van der Waals surface area contributed by atoms with Crippen LogP contribution in [0.5, 0.6) is 0 Å². The smallest absolute Gasteiger partial charge is 0.415 e. The molecular weight excluding hydrogens is 258 g/mol. The van der Waals surface area contributed by atoms with E-state index in [0.717, 1.165) is 4.90 Å². The van der Waals surface area contributed by atoms with Crippen LogP contribution in [-0.2, 0) is 14.3 Å². The molecule has 1 heterocycles. The number of esters is 1. The fourth-order valence-corrected chi connectivity index (χ4v) is 1.59. The molecule has 0 saturated carbocycles. The summed E-state index contributed by atoms with van der Waals surface area (Å²) in [5.41, 5.74) is 0. The average Bonchev–Trinajstić information content (AvgIpc) is 2.78. The molecule has 106 valence electrons. The number of carbonyl (C=O) groups is 2. The van der Waals surface area contributed by atoms with Crippen molar-refractivity contribution >= 4 is 17.9 Å². The van der Waals surface area contributed by atoms with E-state index < -0.39 is 23.0 Å². The third-order valence-corrected chi connectivity index (χ3v) is 2.33. The summed E-state index contributed by atoms with van der Waals surface area (Å²) in [6.07, 6.45) is -0.755. The number of carbonyl (C=O) groups excluding carboxylic acids is 2. The maximum Gasteiger partial charge on any atom is 0.415 e. The summed E-state index contributed by atoms with van der Waals surface area (Å²) in [5, 5.41) is 11.0. The van der Waals surface area contributed by atoms with Gasteiger partial charge < -0.3 is 9.47 Å². The molecule has 19 heavy (non-hydrogen) atoms. The van der Waals surface area contributed by atoms with Gasteiger partial charge in [-0.1, -0.05) is 0 Å². The highest BCUT2D eigenvalue weighted by atomic mass is 16.6. The Kier molecular flexibility index (Phi) is 5.22. The van der Waals surface area contributed by atoms with E-state index >= 15 is 0 Å². The quantitative estimate of drug-likeness (QED) is 0.398. The number of amidine groups is 1. The van der Waals surface area contributed by atoms with E-state index in [4.69, 9.17) is 4.74 Å². The minimum atomic E-state index is -1.80. The number of hydrogen-bond donors (Lipinski definition) is 0. The van der Waals surface area contributed by atoms with Crippen LogP contribution in [0.3, 0.4) is 0 Å². The van der Waals surface area contributed by atoms with Gasteiger partial charge in [-0.25, -0.2) is 9.59 Å². The summed E-state index contributed by atoms with van der Waals surface area (Å²) in [5.74, 6) is -1.27. The molecule has 1 aliphatic rings. The largest absolute Gasteiger partial charge is 0.461 e. The third kappa shape index (κ3) is 3.39. The highest BCUT2D eigenvalue weighted by molar-refractivity contribution is 6.09. The summed E-state index contributed by atoms with van der Waals surface area (Å²) < 4.78 is 9.38. The molecule has 0 fully saturated rings. The molecule has 0 aromatic heterocycles. The summed E-state index contributed by atoms with van der Waals surface area (Å²) in [6, 6.07) is -1.80. The molecule has 1 amide bonds. The van der Waals surface area contributed by atoms with Crippen molar-refractivity contribution in [2.75, 3.05) is 26.3 Å². The predicted octanol–water partition coefficient (Wildman–Crippen LogP) is 0.0654. The summed E-state index contributed by atoms with van der Waals surface area (Å²) in [4.78, 5) is 38.2. The average molecular weight is 273 g/mol. The van der Waals surface area contributed by atoms with Gasteiger partial charge in [0.15, 0.2) is 5.84 Å². The molecule has 0 aromatic rings. The van der Waals surface area contributed by atoms with E-state index in [1.54, 1.807) is 6.92 Å². The Bertz CT molecular complexity index is 408. The van der Waals surface area contributed by atoms with Crippen molar-refractivity contribution < 1.29 is 24.0 Å². The minimum absolute atomic E-state index is 0.00978.